The van der Waals surface area contributed by atoms with Crippen LogP contribution in [0.2, 0.25) is 10.0 Å². The number of rotatable bonds is 2. The van der Waals surface area contributed by atoms with Crippen molar-refractivity contribution in [3.8, 4) is 0 Å². The predicted octanol–water partition coefficient (Wildman–Crippen LogP) is 5.68. The van der Waals surface area contributed by atoms with E-state index in [0.29, 0.717) is 52.7 Å². The molecule has 3 nitrogen and oxygen atoms in total. The van der Waals surface area contributed by atoms with Gasteiger partial charge < -0.3 is 10.0 Å². The minimum atomic E-state index is -5.13. The number of halogens is 6. The second-order valence-corrected chi connectivity index (χ2v) is 8.39. The molecule has 0 saturated heterocycles. The Hall–Kier alpha value is -1.83. The summed E-state index contributed by atoms with van der Waals surface area (Å²) in [6.07, 6.45) is -6.13. The van der Waals surface area contributed by atoms with E-state index in [-0.39, 0.29) is 17.9 Å². The van der Waals surface area contributed by atoms with Crippen molar-refractivity contribution in [3.05, 3.63) is 62.6 Å². The Labute approximate surface area is 180 Å². The highest BCUT2D eigenvalue weighted by molar-refractivity contribution is 6.36. The summed E-state index contributed by atoms with van der Waals surface area (Å²) < 4.78 is 54.2. The van der Waals surface area contributed by atoms with Crippen LogP contribution in [-0.4, -0.2) is 23.7 Å². The Kier molecular flexibility index (Phi) is 5.27. The Morgan fingerprint density at radius 1 is 1.20 bits per heavy atom. The molecule has 1 aliphatic carbocycles. The van der Waals surface area contributed by atoms with Gasteiger partial charge in [0.1, 0.15) is 0 Å². The van der Waals surface area contributed by atoms with Gasteiger partial charge in [0.25, 0.3) is 0 Å². The summed E-state index contributed by atoms with van der Waals surface area (Å²) in [5.74, 6) is -0.339. The first kappa shape index (κ1) is 21.4. The Balaban J connectivity index is 1.72. The zero-order chi connectivity index (χ0) is 21.8. The number of nitrogens with zero attached hydrogens (tertiary/aromatic N) is 1. The molecule has 9 heteroatoms. The Morgan fingerprint density at radius 2 is 1.87 bits per heavy atom. The number of hydrogen-bond donors (Lipinski definition) is 1. The minimum absolute atomic E-state index is 0.0967. The summed E-state index contributed by atoms with van der Waals surface area (Å²) in [6, 6.07) is 7.32. The molecular formula is C21H17Cl2F4NO2. The average Bonchev–Trinajstić information content (AvgIpc) is 2.90. The number of aryl methyl sites for hydroxylation is 1. The molecule has 160 valence electrons. The van der Waals surface area contributed by atoms with Crippen LogP contribution in [-0.2, 0) is 23.2 Å². The van der Waals surface area contributed by atoms with Crippen molar-refractivity contribution in [1.29, 1.82) is 0 Å². The van der Waals surface area contributed by atoms with Crippen LogP contribution in [0.4, 0.5) is 23.2 Å². The molecule has 30 heavy (non-hydrogen) atoms. The molecule has 2 aromatic carbocycles. The monoisotopic (exact) mass is 461 g/mol. The third-order valence-corrected chi connectivity index (χ3v) is 6.50. The van der Waals surface area contributed by atoms with E-state index in [1.54, 1.807) is 18.2 Å². The smallest absolute Gasteiger partial charge is 0.374 e. The molecule has 0 fully saturated rings. The number of aliphatic hydroxyl groups is 1. The van der Waals surface area contributed by atoms with Gasteiger partial charge in [-0.3, -0.25) is 4.79 Å². The molecule has 0 bridgehead atoms. The lowest BCUT2D eigenvalue weighted by molar-refractivity contribution is -0.302. The number of alkyl halides is 4. The van der Waals surface area contributed by atoms with Crippen LogP contribution in [0.5, 0.6) is 0 Å². The highest BCUT2D eigenvalue weighted by atomic mass is 35.5. The van der Waals surface area contributed by atoms with Gasteiger partial charge in [-0.15, -0.1) is 0 Å². The molecular weight excluding hydrogens is 445 g/mol. The molecule has 1 aliphatic heterocycles. The first-order valence-corrected chi connectivity index (χ1v) is 10.1. The number of carbonyl (C=O) groups is 1. The van der Waals surface area contributed by atoms with Crippen molar-refractivity contribution >= 4 is 34.8 Å². The number of carbonyl (C=O) groups excluding carboxylic acids is 1. The van der Waals surface area contributed by atoms with Gasteiger partial charge in [-0.2, -0.15) is 13.2 Å². The lowest BCUT2D eigenvalue weighted by Gasteiger charge is -2.44. The first-order valence-electron chi connectivity index (χ1n) is 9.39. The molecule has 0 radical (unpaired) electrons. The summed E-state index contributed by atoms with van der Waals surface area (Å²) in [6.45, 7) is 0.340. The molecule has 0 aromatic heterocycles. The zero-order valence-corrected chi connectivity index (χ0v) is 17.1. The fraction of sp³-hybridized carbons (Fsp3) is 0.381. The summed E-state index contributed by atoms with van der Waals surface area (Å²) in [5, 5.41) is 10.6. The summed E-state index contributed by atoms with van der Waals surface area (Å²) in [7, 11) is 0. The van der Waals surface area contributed by atoms with Crippen molar-refractivity contribution < 1.29 is 27.5 Å². The standard InChI is InChI=1S/C21H17Cl2F4NO2/c22-15-5-3-6-16(23)13(15)10-18(29)28-7-2-1-4-11-8-14-12(9-17(11)28)19(24)20(14,30)21(25,26)27/h3,5-6,8-9,19,30H,1-2,4,7,10H2/t19-,20?/m1/s1. The van der Waals surface area contributed by atoms with Crippen LogP contribution >= 0.6 is 23.2 Å². The number of anilines is 1. The maximum atomic E-state index is 14.4. The number of benzene rings is 2. The Bertz CT molecular complexity index is 1010. The predicted molar refractivity (Wildman–Crippen MR) is 106 cm³/mol. The molecule has 2 atom stereocenters. The molecule has 1 N–H and O–H groups in total. The molecule has 1 amide bonds. The molecule has 2 aliphatic rings. The van der Waals surface area contributed by atoms with Crippen molar-refractivity contribution in [1.82, 2.24) is 0 Å². The second kappa shape index (κ2) is 7.39. The van der Waals surface area contributed by atoms with Crippen LogP contribution in [0.1, 0.15) is 41.3 Å². The van der Waals surface area contributed by atoms with Crippen LogP contribution < -0.4 is 4.90 Å². The van der Waals surface area contributed by atoms with E-state index in [4.69, 9.17) is 23.2 Å². The normalized spacial score (nSPS) is 23.3. The molecule has 1 heterocycles. The topological polar surface area (TPSA) is 40.5 Å². The quantitative estimate of drug-likeness (QED) is 0.584. The summed E-state index contributed by atoms with van der Waals surface area (Å²) >= 11 is 12.3. The van der Waals surface area contributed by atoms with Crippen molar-refractivity contribution in [2.45, 2.75) is 43.6 Å². The number of hydrogen-bond acceptors (Lipinski definition) is 2. The molecule has 2 aromatic rings. The van der Waals surface area contributed by atoms with Gasteiger partial charge in [-0.1, -0.05) is 29.3 Å². The third kappa shape index (κ3) is 3.18. The van der Waals surface area contributed by atoms with Crippen molar-refractivity contribution in [2.75, 3.05) is 11.4 Å². The molecule has 4 rings (SSSR count). The fourth-order valence-corrected chi connectivity index (χ4v) is 4.66. The SMILES string of the molecule is O=C(Cc1c(Cl)cccc1Cl)N1CCCCc2cc3c(cc21)[C@@H](F)C3(O)C(F)(F)F. The van der Waals surface area contributed by atoms with Crippen molar-refractivity contribution in [2.24, 2.45) is 0 Å². The first-order chi connectivity index (χ1) is 14.1. The van der Waals surface area contributed by atoms with E-state index < -0.39 is 23.5 Å². The van der Waals surface area contributed by atoms with Crippen LogP contribution in [0, 0.1) is 0 Å². The average molecular weight is 462 g/mol. The highest BCUT2D eigenvalue weighted by Crippen LogP contribution is 2.60. The fourth-order valence-electron chi connectivity index (χ4n) is 4.13. The zero-order valence-electron chi connectivity index (χ0n) is 15.6. The summed E-state index contributed by atoms with van der Waals surface area (Å²) in [4.78, 5) is 14.5. The van der Waals surface area contributed by atoms with E-state index >= 15 is 0 Å². The van der Waals surface area contributed by atoms with E-state index in [1.807, 2.05) is 0 Å². The lowest BCUT2D eigenvalue weighted by Crippen LogP contribution is -2.53. The van der Waals surface area contributed by atoms with Gasteiger partial charge in [0.2, 0.25) is 11.5 Å². The minimum Gasteiger partial charge on any atom is -0.374 e. The maximum absolute atomic E-state index is 14.4. The number of amides is 1. The van der Waals surface area contributed by atoms with Gasteiger partial charge in [-0.05, 0) is 60.2 Å². The number of fused-ring (bicyclic) bond motifs is 2. The summed E-state index contributed by atoms with van der Waals surface area (Å²) in [5.41, 5.74) is -2.95. The van der Waals surface area contributed by atoms with Crippen molar-refractivity contribution in [3.63, 3.8) is 0 Å². The van der Waals surface area contributed by atoms with Gasteiger partial charge in [-0.25, -0.2) is 4.39 Å². The largest absolute Gasteiger partial charge is 0.424 e. The molecule has 1 unspecified atom stereocenters. The molecule has 0 spiro atoms. The van der Waals surface area contributed by atoms with E-state index in [1.165, 1.54) is 17.0 Å². The second-order valence-electron chi connectivity index (χ2n) is 7.57. The van der Waals surface area contributed by atoms with Gasteiger partial charge in [0.15, 0.2) is 6.17 Å². The van der Waals surface area contributed by atoms with E-state index in [2.05, 4.69) is 0 Å². The van der Waals surface area contributed by atoms with Crippen LogP contribution in [0.15, 0.2) is 30.3 Å². The van der Waals surface area contributed by atoms with E-state index in [9.17, 15) is 27.5 Å². The van der Waals surface area contributed by atoms with Gasteiger partial charge >= 0.3 is 6.18 Å². The van der Waals surface area contributed by atoms with Crippen LogP contribution in [0.25, 0.3) is 0 Å². The van der Waals surface area contributed by atoms with Crippen LogP contribution in [0.3, 0.4) is 0 Å². The van der Waals surface area contributed by atoms with Gasteiger partial charge in [0, 0.05) is 27.8 Å². The van der Waals surface area contributed by atoms with Gasteiger partial charge in [0.05, 0.1) is 6.42 Å². The highest BCUT2D eigenvalue weighted by Gasteiger charge is 2.68. The third-order valence-electron chi connectivity index (χ3n) is 5.79. The van der Waals surface area contributed by atoms with E-state index in [0.717, 1.165) is 0 Å². The Morgan fingerprint density at radius 3 is 2.50 bits per heavy atom. The molecule has 0 saturated carbocycles. The maximum Gasteiger partial charge on any atom is 0.424 e. The lowest BCUT2D eigenvalue weighted by atomic mass is 9.70.